The number of rotatable bonds is 3. The van der Waals surface area contributed by atoms with Gasteiger partial charge in [-0.1, -0.05) is 6.07 Å². The van der Waals surface area contributed by atoms with Crippen LogP contribution in [0.2, 0.25) is 0 Å². The zero-order valence-electron chi connectivity index (χ0n) is 18.5. The van der Waals surface area contributed by atoms with Crippen molar-refractivity contribution >= 4 is 29.5 Å². The van der Waals surface area contributed by atoms with Crippen LogP contribution >= 0.6 is 0 Å². The average molecular weight is 468 g/mol. The molecule has 3 atom stereocenters. The van der Waals surface area contributed by atoms with Gasteiger partial charge in [0.1, 0.15) is 22.8 Å². The van der Waals surface area contributed by atoms with Crippen molar-refractivity contribution in [1.29, 1.82) is 0 Å². The number of hydrogen-bond acceptors (Lipinski definition) is 8. The summed E-state index contributed by atoms with van der Waals surface area (Å²) in [4.78, 5) is 51.4. The molecule has 0 fully saturated rings. The molecular formula is C24H24N2O8. The van der Waals surface area contributed by atoms with Crippen LogP contribution in [0, 0.1) is 11.8 Å². The Labute approximate surface area is 194 Å². The summed E-state index contributed by atoms with van der Waals surface area (Å²) in [5.74, 6) is -7.03. The molecule has 0 unspecified atom stereocenters. The summed E-state index contributed by atoms with van der Waals surface area (Å²) in [6, 6.07) is 2.85. The van der Waals surface area contributed by atoms with E-state index in [1.54, 1.807) is 20.2 Å². The Morgan fingerprint density at radius 1 is 1.15 bits per heavy atom. The molecule has 2 amide bonds. The minimum Gasteiger partial charge on any atom is -0.511 e. The first-order chi connectivity index (χ1) is 15.9. The number of amides is 2. The first kappa shape index (κ1) is 23.2. The zero-order valence-corrected chi connectivity index (χ0v) is 18.5. The predicted octanol–water partition coefficient (Wildman–Crippen LogP) is 0.682. The fourth-order valence-corrected chi connectivity index (χ4v) is 5.11. The number of fused-ring (bicyclic) bond motifs is 3. The number of nitrogens with two attached hydrogens (primary N) is 1. The molecular weight excluding hydrogens is 444 g/mol. The molecule has 0 bridgehead atoms. The number of aliphatic hydroxyl groups excluding tert-OH is 2. The maximum atomic E-state index is 13.4. The molecule has 0 saturated heterocycles. The lowest BCUT2D eigenvalue weighted by atomic mass is 9.60. The Bertz CT molecular complexity index is 1260. The van der Waals surface area contributed by atoms with Crippen LogP contribution in [-0.2, 0) is 20.8 Å². The molecule has 34 heavy (non-hydrogen) atoms. The van der Waals surface area contributed by atoms with E-state index in [-0.39, 0.29) is 42.1 Å². The van der Waals surface area contributed by atoms with Gasteiger partial charge in [0.15, 0.2) is 11.4 Å². The van der Waals surface area contributed by atoms with Crippen molar-refractivity contribution in [2.24, 2.45) is 17.6 Å². The van der Waals surface area contributed by atoms with Gasteiger partial charge in [0.05, 0.1) is 5.56 Å². The fourth-order valence-electron chi connectivity index (χ4n) is 5.11. The number of allylic oxidation sites excluding steroid dienone is 2. The number of aromatic hydroxyl groups is 1. The van der Waals surface area contributed by atoms with Gasteiger partial charge in [0, 0.05) is 38.1 Å². The molecule has 6 N–H and O–H groups in total. The number of benzene rings is 1. The molecule has 0 aliphatic heterocycles. The Hall–Kier alpha value is -3.92. The Morgan fingerprint density at radius 2 is 1.82 bits per heavy atom. The number of nitrogens with zero attached hydrogens (tertiary/aromatic N) is 1. The van der Waals surface area contributed by atoms with Crippen LogP contribution in [0.25, 0.3) is 6.08 Å². The number of hydrogen-bond donors (Lipinski definition) is 5. The highest BCUT2D eigenvalue weighted by Crippen LogP contribution is 2.51. The number of ketones is 2. The summed E-state index contributed by atoms with van der Waals surface area (Å²) in [6.45, 7) is 0. The molecule has 0 saturated carbocycles. The lowest BCUT2D eigenvalue weighted by Crippen LogP contribution is -2.57. The lowest BCUT2D eigenvalue weighted by molar-refractivity contribution is -0.144. The molecule has 3 aliphatic rings. The molecule has 10 nitrogen and oxygen atoms in total. The normalized spacial score (nSPS) is 26.3. The number of phenols is 1. The van der Waals surface area contributed by atoms with Crippen LogP contribution in [0.1, 0.15) is 34.3 Å². The van der Waals surface area contributed by atoms with Crippen molar-refractivity contribution in [3.8, 4) is 5.75 Å². The third-order valence-electron chi connectivity index (χ3n) is 6.83. The SMILES string of the molecule is CN(C)C(=O)/C=C/c1ccc(O)c2c1C[C@H]1C[C@H]3CC(O)=C(C(N)=O)C(=O)[C@@]3(O)C(O)=C1C2=O. The highest BCUT2D eigenvalue weighted by molar-refractivity contribution is 6.24. The second-order valence-corrected chi connectivity index (χ2v) is 9.00. The smallest absolute Gasteiger partial charge is 0.255 e. The molecule has 4 rings (SSSR count). The van der Waals surface area contributed by atoms with Crippen LogP contribution in [-0.4, -0.2) is 68.4 Å². The van der Waals surface area contributed by atoms with Gasteiger partial charge in [0.25, 0.3) is 5.91 Å². The maximum Gasteiger partial charge on any atom is 0.255 e. The van der Waals surface area contributed by atoms with Crippen molar-refractivity contribution < 1.29 is 39.6 Å². The first-order valence-electron chi connectivity index (χ1n) is 10.6. The number of primary amides is 1. The minimum absolute atomic E-state index is 0.0400. The summed E-state index contributed by atoms with van der Waals surface area (Å²) in [7, 11) is 3.18. The lowest BCUT2D eigenvalue weighted by Gasteiger charge is -2.45. The molecule has 178 valence electrons. The minimum atomic E-state index is -2.60. The van der Waals surface area contributed by atoms with Crippen LogP contribution in [0.5, 0.6) is 5.75 Å². The van der Waals surface area contributed by atoms with Gasteiger partial charge in [0.2, 0.25) is 11.7 Å². The molecule has 0 radical (unpaired) electrons. The monoisotopic (exact) mass is 468 g/mol. The fraction of sp³-hybridized carbons (Fsp3) is 0.333. The van der Waals surface area contributed by atoms with E-state index < -0.39 is 52.0 Å². The van der Waals surface area contributed by atoms with E-state index in [4.69, 9.17) is 5.73 Å². The van der Waals surface area contributed by atoms with Crippen LogP contribution < -0.4 is 5.73 Å². The highest BCUT2D eigenvalue weighted by Gasteiger charge is 2.59. The number of carbonyl (C=O) groups excluding carboxylic acids is 4. The molecule has 1 aromatic rings. The maximum absolute atomic E-state index is 13.4. The van der Waals surface area contributed by atoms with Gasteiger partial charge in [-0.15, -0.1) is 0 Å². The Kier molecular flexibility index (Phi) is 5.36. The number of Topliss-reactive ketones (excluding diaryl/α,β-unsaturated/α-hetero) is 2. The van der Waals surface area contributed by atoms with Crippen molar-refractivity contribution in [3.63, 3.8) is 0 Å². The average Bonchev–Trinajstić information content (AvgIpc) is 2.75. The summed E-state index contributed by atoms with van der Waals surface area (Å²) >= 11 is 0. The topological polar surface area (TPSA) is 178 Å². The molecule has 1 aromatic carbocycles. The second-order valence-electron chi connectivity index (χ2n) is 9.00. The summed E-state index contributed by atoms with van der Waals surface area (Å²) < 4.78 is 0. The van der Waals surface area contributed by atoms with Gasteiger partial charge in [-0.05, 0) is 42.0 Å². The van der Waals surface area contributed by atoms with Crippen LogP contribution in [0.15, 0.2) is 40.9 Å². The van der Waals surface area contributed by atoms with Gasteiger partial charge >= 0.3 is 0 Å². The Balaban J connectivity index is 1.85. The number of phenolic OH excluding ortho intramolecular Hbond substituents is 1. The van der Waals surface area contributed by atoms with E-state index in [9.17, 15) is 39.6 Å². The van der Waals surface area contributed by atoms with Crippen LogP contribution in [0.4, 0.5) is 0 Å². The molecule has 0 heterocycles. The third kappa shape index (κ3) is 3.21. The molecule has 10 heteroatoms. The van der Waals surface area contributed by atoms with E-state index in [0.29, 0.717) is 11.1 Å². The summed E-state index contributed by atoms with van der Waals surface area (Å²) in [5, 5.41) is 42.8. The van der Waals surface area contributed by atoms with Gasteiger partial charge in [-0.3, -0.25) is 19.2 Å². The highest BCUT2D eigenvalue weighted by atomic mass is 16.3. The Morgan fingerprint density at radius 3 is 2.44 bits per heavy atom. The van der Waals surface area contributed by atoms with E-state index in [1.165, 1.54) is 23.1 Å². The zero-order chi connectivity index (χ0) is 25.1. The van der Waals surface area contributed by atoms with Gasteiger partial charge in [-0.2, -0.15) is 0 Å². The van der Waals surface area contributed by atoms with Crippen molar-refractivity contribution in [2.75, 3.05) is 14.1 Å². The van der Waals surface area contributed by atoms with Gasteiger partial charge < -0.3 is 31.1 Å². The third-order valence-corrected chi connectivity index (χ3v) is 6.83. The summed E-state index contributed by atoms with van der Waals surface area (Å²) in [5.41, 5.74) is 2.42. The van der Waals surface area contributed by atoms with E-state index in [2.05, 4.69) is 0 Å². The molecule has 3 aliphatic carbocycles. The van der Waals surface area contributed by atoms with Crippen LogP contribution in [0.3, 0.4) is 0 Å². The summed E-state index contributed by atoms with van der Waals surface area (Å²) in [6.07, 6.45) is 2.77. The first-order valence-corrected chi connectivity index (χ1v) is 10.6. The van der Waals surface area contributed by atoms with E-state index >= 15 is 0 Å². The quantitative estimate of drug-likeness (QED) is 0.317. The van der Waals surface area contributed by atoms with Crippen molar-refractivity contribution in [1.82, 2.24) is 4.90 Å². The number of aliphatic hydroxyl groups is 3. The number of carbonyl (C=O) groups is 4. The molecule has 0 spiro atoms. The largest absolute Gasteiger partial charge is 0.511 e. The second kappa shape index (κ2) is 7.84. The predicted molar refractivity (Wildman–Crippen MR) is 119 cm³/mol. The van der Waals surface area contributed by atoms with Gasteiger partial charge in [-0.25, -0.2) is 0 Å². The van der Waals surface area contributed by atoms with E-state index in [1.807, 2.05) is 0 Å². The number of likely N-dealkylation sites (N-methyl/N-ethyl adjacent to an activating group) is 1. The van der Waals surface area contributed by atoms with Crippen molar-refractivity contribution in [2.45, 2.75) is 24.9 Å². The van der Waals surface area contributed by atoms with Crippen molar-refractivity contribution in [3.05, 3.63) is 57.6 Å². The standard InChI is InChI=1S/C24H24N2O8/c1-26(2)16(29)6-4-10-3-5-14(27)18-13(10)8-11-7-12-9-15(28)19(23(25)33)22(32)24(12,34)21(31)17(11)20(18)30/h3-6,11-12,27-28,31,34H,7-9H2,1-2H3,(H2,25,33)/b6-4+/t11-,12+,24+/m1/s1. The molecule has 0 aromatic heterocycles. The van der Waals surface area contributed by atoms with E-state index in [0.717, 1.165) is 0 Å².